The Morgan fingerprint density at radius 3 is 2.55 bits per heavy atom. The summed E-state index contributed by atoms with van der Waals surface area (Å²) in [4.78, 5) is 0. The number of piperidine rings is 1. The van der Waals surface area contributed by atoms with Gasteiger partial charge in [0.2, 0.25) is 15.7 Å². The van der Waals surface area contributed by atoms with E-state index in [4.69, 9.17) is 33.0 Å². The number of nitrogens with zero attached hydrogens (tertiary/aromatic N) is 3. The van der Waals surface area contributed by atoms with Crippen LogP contribution in [0.2, 0.25) is 10.0 Å². The smallest absolute Gasteiger partial charge is 0.211 e. The molecular formula is C22H23Cl2N3O3S. The molecule has 5 rings (SSSR count). The second-order valence-corrected chi connectivity index (χ2v) is 11.3. The number of hydrogen-bond donors (Lipinski definition) is 0. The van der Waals surface area contributed by atoms with Crippen molar-refractivity contribution in [3.63, 3.8) is 0 Å². The zero-order valence-electron chi connectivity index (χ0n) is 17.3. The average molecular weight is 480 g/mol. The topological polar surface area (TPSA) is 62.2 Å². The predicted octanol–water partition coefficient (Wildman–Crippen LogP) is 4.60. The highest BCUT2D eigenvalue weighted by Crippen LogP contribution is 2.50. The van der Waals surface area contributed by atoms with Gasteiger partial charge in [0.15, 0.2) is 0 Å². The van der Waals surface area contributed by atoms with Crippen LogP contribution in [0, 0.1) is 6.92 Å². The number of fused-ring (bicyclic) bond motifs is 4. The van der Waals surface area contributed by atoms with E-state index in [1.165, 1.54) is 10.6 Å². The number of ether oxygens (including phenoxy) is 1. The van der Waals surface area contributed by atoms with Gasteiger partial charge in [-0.1, -0.05) is 47.0 Å². The maximum atomic E-state index is 12.0. The lowest BCUT2D eigenvalue weighted by atomic mass is 9.90. The van der Waals surface area contributed by atoms with Crippen LogP contribution in [-0.2, 0) is 10.0 Å². The Kier molecular flexibility index (Phi) is 5.01. The Labute approximate surface area is 192 Å². The van der Waals surface area contributed by atoms with Crippen LogP contribution in [0.25, 0.3) is 0 Å². The number of hydrazone groups is 1. The van der Waals surface area contributed by atoms with Gasteiger partial charge >= 0.3 is 0 Å². The van der Waals surface area contributed by atoms with Crippen molar-refractivity contribution in [2.24, 2.45) is 5.10 Å². The highest BCUT2D eigenvalue weighted by molar-refractivity contribution is 7.88. The maximum Gasteiger partial charge on any atom is 0.211 e. The largest absolute Gasteiger partial charge is 0.466 e. The Morgan fingerprint density at radius 2 is 1.87 bits per heavy atom. The van der Waals surface area contributed by atoms with Gasteiger partial charge in [0, 0.05) is 48.5 Å². The van der Waals surface area contributed by atoms with E-state index in [0.717, 1.165) is 28.2 Å². The fourth-order valence-electron chi connectivity index (χ4n) is 4.79. The Bertz CT molecular complexity index is 1190. The quantitative estimate of drug-likeness (QED) is 0.631. The molecule has 1 unspecified atom stereocenters. The van der Waals surface area contributed by atoms with Crippen molar-refractivity contribution in [3.8, 4) is 5.75 Å². The van der Waals surface area contributed by atoms with Gasteiger partial charge in [-0.15, -0.1) is 0 Å². The summed E-state index contributed by atoms with van der Waals surface area (Å²) in [6.07, 6.45) is 3.02. The fraction of sp³-hybridized carbons (Fsp3) is 0.409. The Balaban J connectivity index is 1.57. The van der Waals surface area contributed by atoms with Gasteiger partial charge in [0.25, 0.3) is 0 Å². The summed E-state index contributed by atoms with van der Waals surface area (Å²) >= 11 is 12.6. The Hall–Kier alpha value is -1.80. The summed E-state index contributed by atoms with van der Waals surface area (Å²) in [5, 5.41) is 8.19. The molecule has 0 radical (unpaired) electrons. The van der Waals surface area contributed by atoms with Crippen LogP contribution >= 0.6 is 23.2 Å². The molecule has 164 valence electrons. The number of aryl methyl sites for hydroxylation is 1. The minimum atomic E-state index is -3.24. The summed E-state index contributed by atoms with van der Waals surface area (Å²) in [5.74, 6) is 0.846. The Morgan fingerprint density at radius 1 is 1.13 bits per heavy atom. The summed E-state index contributed by atoms with van der Waals surface area (Å²) < 4.78 is 32.2. The van der Waals surface area contributed by atoms with Crippen LogP contribution in [-0.4, -0.2) is 48.5 Å². The third-order valence-electron chi connectivity index (χ3n) is 6.37. The number of benzene rings is 2. The standard InChI is InChI=1S/C22H23Cl2N3O3S/c1-14-3-6-21-17(11-14)20-13-19(16-5-4-15(23)12-18(16)24)25-27(20)22(30-21)7-9-26(10-8-22)31(2,28)29/h3-6,11-12,20H,7-10,13H2,1-2H3. The van der Waals surface area contributed by atoms with Gasteiger partial charge in [0.05, 0.1) is 23.0 Å². The van der Waals surface area contributed by atoms with Crippen molar-refractivity contribution in [2.45, 2.75) is 38.0 Å². The van der Waals surface area contributed by atoms with E-state index in [1.54, 1.807) is 6.07 Å². The zero-order chi connectivity index (χ0) is 22.0. The molecule has 0 amide bonds. The van der Waals surface area contributed by atoms with Crippen molar-refractivity contribution in [1.82, 2.24) is 9.31 Å². The predicted molar refractivity (Wildman–Crippen MR) is 122 cm³/mol. The van der Waals surface area contributed by atoms with E-state index in [9.17, 15) is 8.42 Å². The first-order valence-electron chi connectivity index (χ1n) is 10.2. The molecule has 3 heterocycles. The van der Waals surface area contributed by atoms with Crippen molar-refractivity contribution in [2.75, 3.05) is 19.3 Å². The van der Waals surface area contributed by atoms with Gasteiger partial charge in [0.1, 0.15) is 5.75 Å². The van der Waals surface area contributed by atoms with Crippen molar-refractivity contribution >= 4 is 38.9 Å². The van der Waals surface area contributed by atoms with Gasteiger partial charge in [-0.05, 0) is 25.1 Å². The molecule has 9 heteroatoms. The number of sulfonamides is 1. The average Bonchev–Trinajstić information content (AvgIpc) is 3.15. The molecule has 2 aromatic carbocycles. The summed E-state index contributed by atoms with van der Waals surface area (Å²) in [7, 11) is -3.24. The summed E-state index contributed by atoms with van der Waals surface area (Å²) in [5.41, 5.74) is 3.31. The number of halogens is 2. The van der Waals surface area contributed by atoms with Gasteiger partial charge in [-0.2, -0.15) is 5.10 Å². The van der Waals surface area contributed by atoms with E-state index in [2.05, 4.69) is 18.0 Å². The molecule has 0 saturated carbocycles. The van der Waals surface area contributed by atoms with Crippen LogP contribution in [0.5, 0.6) is 5.75 Å². The summed E-state index contributed by atoms with van der Waals surface area (Å²) in [6.45, 7) is 2.86. The van der Waals surface area contributed by atoms with Crippen molar-refractivity contribution < 1.29 is 13.2 Å². The monoisotopic (exact) mass is 479 g/mol. The first kappa shape index (κ1) is 21.1. The SMILES string of the molecule is Cc1ccc2c(c1)C1CC(c3ccc(Cl)cc3Cl)=NN1C1(CCN(S(C)(=O)=O)CC1)O2. The second-order valence-electron chi connectivity index (χ2n) is 8.49. The molecule has 31 heavy (non-hydrogen) atoms. The second kappa shape index (κ2) is 7.37. The molecule has 3 aliphatic heterocycles. The first-order valence-corrected chi connectivity index (χ1v) is 12.8. The zero-order valence-corrected chi connectivity index (χ0v) is 19.6. The summed E-state index contributed by atoms with van der Waals surface area (Å²) in [6, 6.07) is 11.7. The van der Waals surface area contributed by atoms with E-state index in [0.29, 0.717) is 42.4 Å². The lowest BCUT2D eigenvalue weighted by molar-refractivity contribution is -0.143. The third kappa shape index (κ3) is 3.61. The molecule has 0 N–H and O–H groups in total. The number of rotatable bonds is 2. The molecule has 0 aliphatic carbocycles. The lowest BCUT2D eigenvalue weighted by Crippen LogP contribution is -2.59. The highest BCUT2D eigenvalue weighted by atomic mass is 35.5. The van der Waals surface area contributed by atoms with Crippen molar-refractivity contribution in [3.05, 3.63) is 63.1 Å². The van der Waals surface area contributed by atoms with E-state index >= 15 is 0 Å². The molecule has 6 nitrogen and oxygen atoms in total. The van der Waals surface area contributed by atoms with Crippen LogP contribution < -0.4 is 4.74 Å². The lowest BCUT2D eigenvalue weighted by Gasteiger charge is -2.50. The molecule has 1 atom stereocenters. The highest BCUT2D eigenvalue weighted by Gasteiger charge is 2.52. The van der Waals surface area contributed by atoms with Crippen LogP contribution in [0.3, 0.4) is 0 Å². The number of hydrogen-bond acceptors (Lipinski definition) is 5. The molecule has 1 saturated heterocycles. The molecule has 1 fully saturated rings. The molecule has 3 aliphatic rings. The van der Waals surface area contributed by atoms with Crippen LogP contribution in [0.15, 0.2) is 41.5 Å². The molecular weight excluding hydrogens is 457 g/mol. The minimum absolute atomic E-state index is 0.00942. The molecule has 0 bridgehead atoms. The normalized spacial score (nSPS) is 22.6. The van der Waals surface area contributed by atoms with E-state index < -0.39 is 15.7 Å². The first-order chi connectivity index (χ1) is 14.7. The van der Waals surface area contributed by atoms with Gasteiger partial charge in [-0.25, -0.2) is 17.7 Å². The molecule has 2 aromatic rings. The van der Waals surface area contributed by atoms with Gasteiger partial charge in [-0.3, -0.25) is 0 Å². The fourth-order valence-corrected chi connectivity index (χ4v) is 6.15. The van der Waals surface area contributed by atoms with Crippen LogP contribution in [0.4, 0.5) is 0 Å². The van der Waals surface area contributed by atoms with E-state index in [-0.39, 0.29) is 6.04 Å². The third-order valence-corrected chi connectivity index (χ3v) is 8.22. The van der Waals surface area contributed by atoms with Gasteiger partial charge < -0.3 is 4.74 Å². The van der Waals surface area contributed by atoms with Crippen LogP contribution in [0.1, 0.15) is 42.0 Å². The van der Waals surface area contributed by atoms with Crippen molar-refractivity contribution in [1.29, 1.82) is 0 Å². The van der Waals surface area contributed by atoms with E-state index in [1.807, 2.05) is 24.3 Å². The molecule has 1 spiro atoms. The maximum absolute atomic E-state index is 12.0. The molecule has 0 aromatic heterocycles. The minimum Gasteiger partial charge on any atom is -0.466 e.